The second-order valence-corrected chi connectivity index (χ2v) is 11.0. The molecule has 0 saturated carbocycles. The summed E-state index contributed by atoms with van der Waals surface area (Å²) < 4.78 is 29.0. The van der Waals surface area contributed by atoms with Gasteiger partial charge in [0.05, 0.1) is 19.8 Å². The van der Waals surface area contributed by atoms with Gasteiger partial charge in [-0.15, -0.1) is 0 Å². The van der Waals surface area contributed by atoms with Crippen molar-refractivity contribution in [3.8, 4) is 0 Å². The summed E-state index contributed by atoms with van der Waals surface area (Å²) in [5, 5.41) is 0.0170. The van der Waals surface area contributed by atoms with Gasteiger partial charge in [-0.2, -0.15) is 0 Å². The minimum absolute atomic E-state index is 0.0170. The van der Waals surface area contributed by atoms with Gasteiger partial charge in [0.1, 0.15) is 5.31 Å². The molecule has 0 bridgehead atoms. The molecule has 0 amide bonds. The molecule has 0 saturated heterocycles. The minimum Gasteiger partial charge on any atom is -0.462 e. The Bertz CT molecular complexity index is 747. The third-order valence-corrected chi connectivity index (χ3v) is 7.52. The van der Waals surface area contributed by atoms with Crippen molar-refractivity contribution in [2.75, 3.05) is 19.8 Å². The highest BCUT2D eigenvalue weighted by molar-refractivity contribution is 7.59. The molecule has 0 fully saturated rings. The van der Waals surface area contributed by atoms with E-state index in [9.17, 15) is 9.36 Å². The van der Waals surface area contributed by atoms with Crippen LogP contribution in [-0.2, 0) is 23.1 Å². The first-order chi connectivity index (χ1) is 16.1. The molecule has 1 atom stereocenters. The van der Waals surface area contributed by atoms with E-state index >= 15 is 0 Å². The van der Waals surface area contributed by atoms with E-state index in [-0.39, 0.29) is 25.1 Å². The third kappa shape index (κ3) is 14.8. The lowest BCUT2D eigenvalue weighted by atomic mass is 9.99. The Labute approximate surface area is 209 Å². The second kappa shape index (κ2) is 18.9. The third-order valence-electron chi connectivity index (χ3n) is 5.37. The van der Waals surface area contributed by atoms with Gasteiger partial charge in [0.15, 0.2) is 0 Å². The zero-order valence-corrected chi connectivity index (χ0v) is 23.8. The standard InChI is InChI=1S/C28H49O5P/c1-9-31-28(29)27(34(30,32-10-2)33-11-3)22-21-26(8)20-14-19-25(7)18-13-17-24(6)16-12-15-23(4)5/h15,17,19,22,26H,9-14,16,18,20-21H2,1-8H3/b24-17?,25-19?,27-22+. The Morgan fingerprint density at radius 1 is 0.794 bits per heavy atom. The number of allylic oxidation sites excluding steroid dienone is 7. The van der Waals surface area contributed by atoms with Crippen molar-refractivity contribution >= 4 is 13.6 Å². The molecule has 0 N–H and O–H groups in total. The molecule has 0 heterocycles. The SMILES string of the molecule is CCOC(=O)/C(=C\CC(C)CCC=C(C)CCC=C(C)CCC=C(C)C)P(=O)(OCC)OCC. The first-order valence-corrected chi connectivity index (χ1v) is 14.3. The van der Waals surface area contributed by atoms with Crippen LogP contribution in [0.1, 0.15) is 100 Å². The van der Waals surface area contributed by atoms with Crippen molar-refractivity contribution in [2.24, 2.45) is 5.92 Å². The number of carbonyl (C=O) groups excluding carboxylic acids is 1. The monoisotopic (exact) mass is 496 g/mol. The summed E-state index contributed by atoms with van der Waals surface area (Å²) in [5.74, 6) is -0.303. The van der Waals surface area contributed by atoms with Gasteiger partial charge in [0.25, 0.3) is 0 Å². The van der Waals surface area contributed by atoms with Crippen LogP contribution < -0.4 is 0 Å². The molecule has 196 valence electrons. The molecular weight excluding hydrogens is 447 g/mol. The summed E-state index contributed by atoms with van der Waals surface area (Å²) in [6.07, 6.45) is 15.6. The van der Waals surface area contributed by atoms with E-state index in [0.717, 1.165) is 38.5 Å². The molecule has 0 spiro atoms. The van der Waals surface area contributed by atoms with E-state index in [1.807, 2.05) is 0 Å². The van der Waals surface area contributed by atoms with E-state index in [0.29, 0.717) is 12.3 Å². The van der Waals surface area contributed by atoms with Gasteiger partial charge in [-0.05, 0) is 99.3 Å². The molecule has 0 radical (unpaired) electrons. The number of rotatable bonds is 18. The van der Waals surface area contributed by atoms with Crippen LogP contribution in [0.25, 0.3) is 0 Å². The fourth-order valence-corrected chi connectivity index (χ4v) is 5.06. The topological polar surface area (TPSA) is 61.8 Å². The quantitative estimate of drug-likeness (QED) is 0.0820. The zero-order valence-electron chi connectivity index (χ0n) is 22.9. The van der Waals surface area contributed by atoms with Gasteiger partial charge in [-0.1, -0.05) is 47.9 Å². The van der Waals surface area contributed by atoms with Gasteiger partial charge in [0, 0.05) is 0 Å². The maximum Gasteiger partial charge on any atom is 0.368 e. The first kappa shape index (κ1) is 32.6. The minimum atomic E-state index is -3.68. The van der Waals surface area contributed by atoms with Crippen molar-refractivity contribution in [2.45, 2.75) is 100 Å². The number of ether oxygens (including phenoxy) is 1. The van der Waals surface area contributed by atoms with Crippen LogP contribution in [0, 0.1) is 5.92 Å². The number of hydrogen-bond donors (Lipinski definition) is 0. The number of hydrogen-bond acceptors (Lipinski definition) is 5. The van der Waals surface area contributed by atoms with E-state index in [4.69, 9.17) is 13.8 Å². The smallest absolute Gasteiger partial charge is 0.368 e. The average Bonchev–Trinajstić information content (AvgIpc) is 2.74. The van der Waals surface area contributed by atoms with E-state index in [1.54, 1.807) is 26.8 Å². The Balaban J connectivity index is 4.82. The highest BCUT2D eigenvalue weighted by atomic mass is 31.2. The van der Waals surface area contributed by atoms with E-state index < -0.39 is 13.6 Å². The van der Waals surface area contributed by atoms with Crippen molar-refractivity contribution in [1.82, 2.24) is 0 Å². The van der Waals surface area contributed by atoms with Crippen LogP contribution in [0.2, 0.25) is 0 Å². The summed E-state index contributed by atoms with van der Waals surface area (Å²) in [5.41, 5.74) is 4.24. The highest BCUT2D eigenvalue weighted by Crippen LogP contribution is 2.56. The Morgan fingerprint density at radius 2 is 1.32 bits per heavy atom. The van der Waals surface area contributed by atoms with Crippen LogP contribution in [-0.4, -0.2) is 25.8 Å². The van der Waals surface area contributed by atoms with Crippen molar-refractivity contribution < 1.29 is 23.1 Å². The molecule has 0 aliphatic rings. The maximum absolute atomic E-state index is 13.2. The van der Waals surface area contributed by atoms with Gasteiger partial charge in [-0.25, -0.2) is 4.79 Å². The molecule has 0 aliphatic heterocycles. The van der Waals surface area contributed by atoms with Gasteiger partial charge in [-0.3, -0.25) is 4.57 Å². The lowest BCUT2D eigenvalue weighted by Gasteiger charge is -2.19. The normalized spacial score (nSPS) is 14.2. The maximum atomic E-state index is 13.2. The number of esters is 1. The lowest BCUT2D eigenvalue weighted by molar-refractivity contribution is -0.137. The van der Waals surface area contributed by atoms with Crippen LogP contribution >= 0.6 is 7.60 Å². The molecule has 34 heavy (non-hydrogen) atoms. The molecule has 1 unspecified atom stereocenters. The highest BCUT2D eigenvalue weighted by Gasteiger charge is 2.35. The predicted molar refractivity (Wildman–Crippen MR) is 144 cm³/mol. The van der Waals surface area contributed by atoms with Gasteiger partial charge in [0.2, 0.25) is 0 Å². The van der Waals surface area contributed by atoms with Crippen LogP contribution in [0.15, 0.2) is 46.3 Å². The zero-order chi connectivity index (χ0) is 26.0. The van der Waals surface area contributed by atoms with Crippen LogP contribution in [0.4, 0.5) is 0 Å². The first-order valence-electron chi connectivity index (χ1n) is 12.8. The molecule has 0 aliphatic carbocycles. The van der Waals surface area contributed by atoms with Gasteiger partial charge < -0.3 is 13.8 Å². The molecule has 0 aromatic heterocycles. The summed E-state index contributed by atoms with van der Waals surface area (Å²) in [7, 11) is -3.68. The Morgan fingerprint density at radius 3 is 1.82 bits per heavy atom. The van der Waals surface area contributed by atoms with Gasteiger partial charge >= 0.3 is 13.6 Å². The van der Waals surface area contributed by atoms with Crippen molar-refractivity contribution in [1.29, 1.82) is 0 Å². The fraction of sp³-hybridized carbons (Fsp3) is 0.679. The Kier molecular flexibility index (Phi) is 18.1. The lowest BCUT2D eigenvalue weighted by Crippen LogP contribution is -2.12. The molecule has 5 nitrogen and oxygen atoms in total. The summed E-state index contributed by atoms with van der Waals surface area (Å²) in [6.45, 7) is 16.6. The molecule has 0 aromatic rings. The predicted octanol–water partition coefficient (Wildman–Crippen LogP) is 8.93. The molecular formula is C28H49O5P. The van der Waals surface area contributed by atoms with Crippen molar-refractivity contribution in [3.05, 3.63) is 46.3 Å². The molecule has 0 aromatic carbocycles. The molecule has 6 heteroatoms. The molecule has 0 rings (SSSR count). The van der Waals surface area contributed by atoms with Crippen LogP contribution in [0.3, 0.4) is 0 Å². The summed E-state index contributed by atoms with van der Waals surface area (Å²) in [4.78, 5) is 12.5. The largest absolute Gasteiger partial charge is 0.462 e. The van der Waals surface area contributed by atoms with Crippen molar-refractivity contribution in [3.63, 3.8) is 0 Å². The summed E-state index contributed by atoms with van der Waals surface area (Å²) >= 11 is 0. The summed E-state index contributed by atoms with van der Waals surface area (Å²) in [6, 6.07) is 0. The van der Waals surface area contributed by atoms with E-state index in [2.05, 4.69) is 52.8 Å². The average molecular weight is 497 g/mol. The second-order valence-electron chi connectivity index (χ2n) is 9.02. The Hall–Kier alpha value is -1.42. The van der Waals surface area contributed by atoms with Crippen LogP contribution in [0.5, 0.6) is 0 Å². The number of carbonyl (C=O) groups is 1. The van der Waals surface area contributed by atoms with E-state index in [1.165, 1.54) is 16.7 Å². The fourth-order valence-electron chi connectivity index (χ4n) is 3.41.